The molecule has 0 aliphatic heterocycles. The van der Waals surface area contributed by atoms with E-state index in [9.17, 15) is 13.2 Å². The Kier molecular flexibility index (Phi) is 8.20. The summed E-state index contributed by atoms with van der Waals surface area (Å²) in [6.07, 6.45) is 0.200. The Balaban J connectivity index is 2.17. The first-order valence-electron chi connectivity index (χ1n) is 9.82. The molecule has 3 rings (SSSR count). The van der Waals surface area contributed by atoms with Crippen molar-refractivity contribution in [3.05, 3.63) is 80.8 Å². The van der Waals surface area contributed by atoms with Gasteiger partial charge in [-0.3, -0.25) is 9.10 Å². The molecular weight excluding hydrogens is 523 g/mol. The van der Waals surface area contributed by atoms with Crippen molar-refractivity contribution in [3.8, 4) is 11.5 Å². The second-order valence-electron chi connectivity index (χ2n) is 7.18. The van der Waals surface area contributed by atoms with Crippen LogP contribution in [0, 0.1) is 0 Å². The molecule has 0 aliphatic rings. The van der Waals surface area contributed by atoms with E-state index in [1.165, 1.54) is 44.6 Å². The second-order valence-corrected chi connectivity index (χ2v) is 10.3. The van der Waals surface area contributed by atoms with Crippen molar-refractivity contribution in [1.82, 2.24) is 0 Å². The Morgan fingerprint density at radius 1 is 0.882 bits per heavy atom. The molecular formula is C23H21Cl3N2O5S. The number of amides is 1. The molecule has 0 aliphatic carbocycles. The summed E-state index contributed by atoms with van der Waals surface area (Å²) in [6, 6.07) is 13.7. The summed E-state index contributed by atoms with van der Waals surface area (Å²) >= 11 is 18.7. The smallest absolute Gasteiger partial charge is 0.264 e. The van der Waals surface area contributed by atoms with E-state index in [4.69, 9.17) is 50.0 Å². The summed E-state index contributed by atoms with van der Waals surface area (Å²) in [7, 11) is -1.43. The first-order chi connectivity index (χ1) is 16.1. The van der Waals surface area contributed by atoms with Gasteiger partial charge in [0.15, 0.2) is 11.5 Å². The highest BCUT2D eigenvalue weighted by Crippen LogP contribution is 2.35. The van der Waals surface area contributed by atoms with Crippen LogP contribution in [0.25, 0.3) is 0 Å². The van der Waals surface area contributed by atoms with Gasteiger partial charge in [-0.05, 0) is 59.7 Å². The van der Waals surface area contributed by atoms with Gasteiger partial charge in [0.05, 0.1) is 24.8 Å². The molecule has 3 aromatic rings. The third-order valence-corrected chi connectivity index (χ3v) is 7.54. The summed E-state index contributed by atoms with van der Waals surface area (Å²) in [5.74, 6) is -0.277. The number of sulfonamides is 1. The second kappa shape index (κ2) is 10.7. The number of ether oxygens (including phenoxy) is 2. The largest absolute Gasteiger partial charge is 0.493 e. The Morgan fingerprint density at radius 3 is 2.12 bits per heavy atom. The maximum atomic E-state index is 13.7. The van der Waals surface area contributed by atoms with Crippen LogP contribution in [-0.2, 0) is 21.2 Å². The molecule has 34 heavy (non-hydrogen) atoms. The van der Waals surface area contributed by atoms with Crippen molar-refractivity contribution in [1.29, 1.82) is 0 Å². The predicted molar refractivity (Wildman–Crippen MR) is 134 cm³/mol. The van der Waals surface area contributed by atoms with Crippen molar-refractivity contribution in [3.63, 3.8) is 0 Å². The number of carbonyl (C=O) groups excluding carboxylic acids is 1. The first kappa shape index (κ1) is 26.0. The fourth-order valence-corrected chi connectivity index (χ4v) is 5.43. The number of hydrogen-bond donors (Lipinski definition) is 1. The van der Waals surface area contributed by atoms with E-state index in [-0.39, 0.29) is 22.8 Å². The molecule has 0 aromatic heterocycles. The van der Waals surface area contributed by atoms with Crippen LogP contribution in [0.2, 0.25) is 15.1 Å². The standard InChI is InChI=1S/C23H21Cl3N2O5S/c1-32-21-8-5-18(12-22(21)33-2)34(30,31)28(13-23(27)29)20-7-4-17(25)11-15(20)9-14-10-16(24)3-6-19(14)26/h3-8,10-12H,9,13H2,1-2H3,(H2,27,29). The maximum Gasteiger partial charge on any atom is 0.264 e. The number of anilines is 1. The minimum atomic E-state index is -4.26. The molecule has 0 radical (unpaired) electrons. The lowest BCUT2D eigenvalue weighted by atomic mass is 10.0. The van der Waals surface area contributed by atoms with Crippen LogP contribution in [0.15, 0.2) is 59.5 Å². The molecule has 0 fully saturated rings. The number of halogens is 3. The van der Waals surface area contributed by atoms with Crippen LogP contribution in [0.1, 0.15) is 11.1 Å². The topological polar surface area (TPSA) is 98.9 Å². The number of nitrogens with two attached hydrogens (primary N) is 1. The summed E-state index contributed by atoms with van der Waals surface area (Å²) in [6.45, 7) is -0.603. The lowest BCUT2D eigenvalue weighted by Gasteiger charge is -2.26. The summed E-state index contributed by atoms with van der Waals surface area (Å²) in [5, 5.41) is 1.29. The zero-order valence-electron chi connectivity index (χ0n) is 18.2. The minimum absolute atomic E-state index is 0.118. The maximum absolute atomic E-state index is 13.7. The minimum Gasteiger partial charge on any atom is -0.493 e. The lowest BCUT2D eigenvalue weighted by molar-refractivity contribution is -0.116. The van der Waals surface area contributed by atoms with E-state index in [1.807, 2.05) is 0 Å². The van der Waals surface area contributed by atoms with Gasteiger partial charge in [0, 0.05) is 27.6 Å². The van der Waals surface area contributed by atoms with Crippen molar-refractivity contribution < 1.29 is 22.7 Å². The molecule has 7 nitrogen and oxygen atoms in total. The molecule has 3 aromatic carbocycles. The highest BCUT2D eigenvalue weighted by Gasteiger charge is 2.29. The Bertz CT molecular complexity index is 1330. The monoisotopic (exact) mass is 542 g/mol. The lowest BCUT2D eigenvalue weighted by Crippen LogP contribution is -2.39. The highest BCUT2D eigenvalue weighted by atomic mass is 35.5. The Morgan fingerprint density at radius 2 is 1.50 bits per heavy atom. The van der Waals surface area contributed by atoms with Crippen LogP contribution >= 0.6 is 34.8 Å². The summed E-state index contributed by atoms with van der Waals surface area (Å²) < 4.78 is 38.7. The zero-order valence-corrected chi connectivity index (χ0v) is 21.3. The molecule has 1 amide bonds. The Labute approximate surface area is 213 Å². The van der Waals surface area contributed by atoms with E-state index in [0.29, 0.717) is 31.9 Å². The van der Waals surface area contributed by atoms with Gasteiger partial charge in [-0.2, -0.15) is 0 Å². The third-order valence-electron chi connectivity index (χ3n) is 4.94. The van der Waals surface area contributed by atoms with Gasteiger partial charge in [0.25, 0.3) is 10.0 Å². The fraction of sp³-hybridized carbons (Fsp3) is 0.174. The van der Waals surface area contributed by atoms with E-state index in [2.05, 4.69) is 0 Å². The molecule has 0 saturated carbocycles. The van der Waals surface area contributed by atoms with Crippen molar-refractivity contribution >= 4 is 56.4 Å². The quantitative estimate of drug-likeness (QED) is 0.412. The van der Waals surface area contributed by atoms with Gasteiger partial charge in [0.2, 0.25) is 5.91 Å². The van der Waals surface area contributed by atoms with Gasteiger partial charge < -0.3 is 15.2 Å². The van der Waals surface area contributed by atoms with E-state index in [0.717, 1.165) is 4.31 Å². The van der Waals surface area contributed by atoms with Crippen molar-refractivity contribution in [2.75, 3.05) is 25.1 Å². The first-order valence-corrected chi connectivity index (χ1v) is 12.4. The summed E-state index contributed by atoms with van der Waals surface area (Å²) in [4.78, 5) is 11.8. The molecule has 11 heteroatoms. The van der Waals surface area contributed by atoms with Crippen LogP contribution in [0.5, 0.6) is 11.5 Å². The van der Waals surface area contributed by atoms with E-state index < -0.39 is 22.5 Å². The normalized spacial score (nSPS) is 11.2. The number of carbonyl (C=O) groups is 1. The van der Waals surface area contributed by atoms with E-state index >= 15 is 0 Å². The number of benzene rings is 3. The molecule has 0 atom stereocenters. The molecule has 0 bridgehead atoms. The van der Waals surface area contributed by atoms with Gasteiger partial charge in [-0.25, -0.2) is 8.42 Å². The Hall–Kier alpha value is -2.65. The molecule has 180 valence electrons. The fourth-order valence-electron chi connectivity index (χ4n) is 3.37. The van der Waals surface area contributed by atoms with Gasteiger partial charge in [-0.15, -0.1) is 0 Å². The van der Waals surface area contributed by atoms with E-state index in [1.54, 1.807) is 24.3 Å². The number of nitrogens with zero attached hydrogens (tertiary/aromatic N) is 1. The third kappa shape index (κ3) is 5.70. The SMILES string of the molecule is COc1ccc(S(=O)(=O)N(CC(N)=O)c2ccc(Cl)cc2Cc2cc(Cl)ccc2Cl)cc1OC. The molecule has 0 heterocycles. The van der Waals surface area contributed by atoms with Crippen molar-refractivity contribution in [2.45, 2.75) is 11.3 Å². The van der Waals surface area contributed by atoms with Gasteiger partial charge in [0.1, 0.15) is 6.54 Å². The number of rotatable bonds is 9. The molecule has 0 spiro atoms. The van der Waals surface area contributed by atoms with Gasteiger partial charge >= 0.3 is 0 Å². The average Bonchev–Trinajstić information content (AvgIpc) is 2.79. The zero-order chi connectivity index (χ0) is 25.0. The molecule has 2 N–H and O–H groups in total. The van der Waals surface area contributed by atoms with Crippen LogP contribution in [-0.4, -0.2) is 35.1 Å². The van der Waals surface area contributed by atoms with Crippen LogP contribution in [0.4, 0.5) is 5.69 Å². The average molecular weight is 544 g/mol. The van der Waals surface area contributed by atoms with Gasteiger partial charge in [-0.1, -0.05) is 34.8 Å². The van der Waals surface area contributed by atoms with Crippen molar-refractivity contribution in [2.24, 2.45) is 5.73 Å². The van der Waals surface area contributed by atoms with Crippen LogP contribution in [0.3, 0.4) is 0 Å². The summed E-state index contributed by atoms with van der Waals surface area (Å²) in [5.41, 5.74) is 6.80. The van der Waals surface area contributed by atoms with Crippen LogP contribution < -0.4 is 19.5 Å². The molecule has 0 saturated heterocycles. The number of primary amides is 1. The number of hydrogen-bond acceptors (Lipinski definition) is 5. The highest BCUT2D eigenvalue weighted by molar-refractivity contribution is 7.92. The number of methoxy groups -OCH3 is 2. The molecule has 0 unspecified atom stereocenters. The predicted octanol–water partition coefficient (Wildman–Crippen LogP) is 4.94.